The van der Waals surface area contributed by atoms with E-state index in [1.54, 1.807) is 0 Å². The standard InChI is InChI=1S/C26H52O2.C2H4O2/c1-3-5-7-9-11-13-15-16-18-20-22-24-26(27)28-25-23-21-19-17-14-12-10-8-6-4-2;1-2(3)4/h3-25H2,1-2H3;1H3,(H,3,4). The average Bonchev–Trinajstić information content (AvgIpc) is 2.75. The number of rotatable bonds is 23. The molecule has 0 bridgehead atoms. The number of carbonyl (C=O) groups excluding carboxylic acids is 1. The van der Waals surface area contributed by atoms with Crippen molar-refractivity contribution in [2.45, 2.75) is 162 Å². The Labute approximate surface area is 200 Å². The van der Waals surface area contributed by atoms with Crippen LogP contribution in [0.15, 0.2) is 0 Å². The Morgan fingerprint density at radius 3 is 1.16 bits per heavy atom. The average molecular weight is 457 g/mol. The summed E-state index contributed by atoms with van der Waals surface area (Å²) in [6, 6.07) is 0. The highest BCUT2D eigenvalue weighted by molar-refractivity contribution is 5.69. The highest BCUT2D eigenvalue weighted by Gasteiger charge is 2.02. The van der Waals surface area contributed by atoms with Gasteiger partial charge in [-0.15, -0.1) is 0 Å². The molecule has 0 aliphatic carbocycles. The lowest BCUT2D eigenvalue weighted by Gasteiger charge is -2.05. The van der Waals surface area contributed by atoms with Crippen LogP contribution in [0.1, 0.15) is 162 Å². The van der Waals surface area contributed by atoms with Crippen molar-refractivity contribution in [1.29, 1.82) is 0 Å². The highest BCUT2D eigenvalue weighted by Crippen LogP contribution is 2.13. The molecule has 0 aromatic rings. The number of esters is 1. The van der Waals surface area contributed by atoms with Crippen molar-refractivity contribution in [3.8, 4) is 0 Å². The maximum atomic E-state index is 11.7. The summed E-state index contributed by atoms with van der Waals surface area (Å²) in [5, 5.41) is 7.42. The smallest absolute Gasteiger partial charge is 0.305 e. The van der Waals surface area contributed by atoms with Gasteiger partial charge in [-0.25, -0.2) is 0 Å². The zero-order valence-corrected chi connectivity index (χ0v) is 21.9. The molecule has 0 aliphatic heterocycles. The van der Waals surface area contributed by atoms with E-state index in [9.17, 15) is 4.79 Å². The van der Waals surface area contributed by atoms with Crippen LogP contribution in [0.25, 0.3) is 0 Å². The summed E-state index contributed by atoms with van der Waals surface area (Å²) < 4.78 is 5.37. The first-order valence-electron chi connectivity index (χ1n) is 13.9. The zero-order chi connectivity index (χ0) is 24.1. The molecule has 4 nitrogen and oxygen atoms in total. The minimum Gasteiger partial charge on any atom is -0.481 e. The predicted molar refractivity (Wildman–Crippen MR) is 137 cm³/mol. The Bertz CT molecular complexity index is 350. The Morgan fingerprint density at radius 1 is 0.531 bits per heavy atom. The van der Waals surface area contributed by atoms with Gasteiger partial charge < -0.3 is 9.84 Å². The molecule has 32 heavy (non-hydrogen) atoms. The van der Waals surface area contributed by atoms with Crippen LogP contribution in [0.2, 0.25) is 0 Å². The van der Waals surface area contributed by atoms with Crippen molar-refractivity contribution in [1.82, 2.24) is 0 Å². The molecule has 0 radical (unpaired) electrons. The van der Waals surface area contributed by atoms with Gasteiger partial charge in [-0.3, -0.25) is 9.59 Å². The van der Waals surface area contributed by atoms with Gasteiger partial charge in [0.05, 0.1) is 6.61 Å². The normalized spacial score (nSPS) is 10.5. The fraction of sp³-hybridized carbons (Fsp3) is 0.929. The van der Waals surface area contributed by atoms with Crippen molar-refractivity contribution >= 4 is 11.9 Å². The molecule has 0 heterocycles. The number of carboxylic acid groups (broad SMARTS) is 1. The molecule has 0 rings (SSSR count). The van der Waals surface area contributed by atoms with E-state index in [1.165, 1.54) is 122 Å². The molecule has 0 aliphatic rings. The van der Waals surface area contributed by atoms with E-state index < -0.39 is 5.97 Å². The number of hydrogen-bond donors (Lipinski definition) is 1. The monoisotopic (exact) mass is 456 g/mol. The van der Waals surface area contributed by atoms with Crippen LogP contribution < -0.4 is 0 Å². The first-order valence-corrected chi connectivity index (χ1v) is 13.9. The van der Waals surface area contributed by atoms with Crippen molar-refractivity contribution in [2.24, 2.45) is 0 Å². The van der Waals surface area contributed by atoms with Crippen LogP contribution in [-0.4, -0.2) is 23.7 Å². The van der Waals surface area contributed by atoms with Crippen molar-refractivity contribution in [3.63, 3.8) is 0 Å². The molecular weight excluding hydrogens is 400 g/mol. The second kappa shape index (κ2) is 29.9. The van der Waals surface area contributed by atoms with Crippen LogP contribution in [0, 0.1) is 0 Å². The van der Waals surface area contributed by atoms with E-state index in [0.29, 0.717) is 13.0 Å². The lowest BCUT2D eigenvalue weighted by Crippen LogP contribution is -2.05. The predicted octanol–water partition coefficient (Wildman–Crippen LogP) is 9.24. The van der Waals surface area contributed by atoms with E-state index in [-0.39, 0.29) is 5.97 Å². The van der Waals surface area contributed by atoms with Gasteiger partial charge in [0.1, 0.15) is 0 Å². The maximum absolute atomic E-state index is 11.7. The SMILES string of the molecule is CC(=O)O.CCCCCCCCCCCCCC(=O)OCCCCCCCCCCCC. The van der Waals surface area contributed by atoms with Gasteiger partial charge in [-0.05, 0) is 12.8 Å². The number of hydrogen-bond acceptors (Lipinski definition) is 3. The minimum atomic E-state index is -0.833. The lowest BCUT2D eigenvalue weighted by atomic mass is 10.1. The second-order valence-electron chi connectivity index (χ2n) is 9.21. The molecule has 0 atom stereocenters. The Hall–Kier alpha value is -1.06. The molecule has 0 saturated carbocycles. The molecule has 0 fully saturated rings. The van der Waals surface area contributed by atoms with Crippen LogP contribution >= 0.6 is 0 Å². The number of ether oxygens (including phenoxy) is 1. The van der Waals surface area contributed by atoms with Gasteiger partial charge in [0.25, 0.3) is 5.97 Å². The summed E-state index contributed by atoms with van der Waals surface area (Å²) in [6.07, 6.45) is 28.4. The first-order chi connectivity index (χ1) is 15.5. The molecule has 0 unspecified atom stereocenters. The highest BCUT2D eigenvalue weighted by atomic mass is 16.5. The van der Waals surface area contributed by atoms with E-state index in [2.05, 4.69) is 13.8 Å². The summed E-state index contributed by atoms with van der Waals surface area (Å²) in [5.74, 6) is -0.813. The van der Waals surface area contributed by atoms with Gasteiger partial charge in [0, 0.05) is 13.3 Å². The second-order valence-corrected chi connectivity index (χ2v) is 9.21. The molecule has 0 amide bonds. The fourth-order valence-corrected chi connectivity index (χ4v) is 3.78. The largest absolute Gasteiger partial charge is 0.481 e. The van der Waals surface area contributed by atoms with Crippen molar-refractivity contribution in [3.05, 3.63) is 0 Å². The molecule has 4 heteroatoms. The third-order valence-electron chi connectivity index (χ3n) is 5.75. The third-order valence-corrected chi connectivity index (χ3v) is 5.75. The van der Waals surface area contributed by atoms with Crippen LogP contribution in [0.4, 0.5) is 0 Å². The maximum Gasteiger partial charge on any atom is 0.305 e. The Balaban J connectivity index is 0. The van der Waals surface area contributed by atoms with Crippen molar-refractivity contribution in [2.75, 3.05) is 6.61 Å². The van der Waals surface area contributed by atoms with Gasteiger partial charge in [-0.1, -0.05) is 136 Å². The minimum absolute atomic E-state index is 0.0202. The molecule has 1 N–H and O–H groups in total. The Morgan fingerprint density at radius 2 is 0.812 bits per heavy atom. The van der Waals surface area contributed by atoms with Crippen molar-refractivity contribution < 1.29 is 19.4 Å². The van der Waals surface area contributed by atoms with Gasteiger partial charge in [-0.2, -0.15) is 0 Å². The zero-order valence-electron chi connectivity index (χ0n) is 21.9. The summed E-state index contributed by atoms with van der Waals surface area (Å²) in [5.41, 5.74) is 0. The number of unbranched alkanes of at least 4 members (excludes halogenated alkanes) is 19. The van der Waals surface area contributed by atoms with E-state index in [0.717, 1.165) is 19.8 Å². The number of aliphatic carboxylic acids is 1. The first kappa shape index (κ1) is 33.1. The topological polar surface area (TPSA) is 63.6 Å². The Kier molecular flexibility index (Phi) is 31.0. The summed E-state index contributed by atoms with van der Waals surface area (Å²) >= 11 is 0. The summed E-state index contributed by atoms with van der Waals surface area (Å²) in [7, 11) is 0. The van der Waals surface area contributed by atoms with Crippen LogP contribution in [-0.2, 0) is 14.3 Å². The van der Waals surface area contributed by atoms with Crippen LogP contribution in [0.3, 0.4) is 0 Å². The molecular formula is C28H56O4. The molecule has 0 aromatic carbocycles. The quantitative estimate of drug-likeness (QED) is 0.123. The van der Waals surface area contributed by atoms with E-state index in [4.69, 9.17) is 14.6 Å². The van der Waals surface area contributed by atoms with Gasteiger partial charge in [0.2, 0.25) is 0 Å². The number of carboxylic acids is 1. The van der Waals surface area contributed by atoms with E-state index in [1.807, 2.05) is 0 Å². The van der Waals surface area contributed by atoms with Gasteiger partial charge in [0.15, 0.2) is 0 Å². The molecule has 0 aromatic heterocycles. The molecule has 0 saturated heterocycles. The molecule has 192 valence electrons. The fourth-order valence-electron chi connectivity index (χ4n) is 3.78. The lowest BCUT2D eigenvalue weighted by molar-refractivity contribution is -0.144. The summed E-state index contributed by atoms with van der Waals surface area (Å²) in [6.45, 7) is 6.26. The summed E-state index contributed by atoms with van der Waals surface area (Å²) in [4.78, 5) is 20.7. The van der Waals surface area contributed by atoms with Gasteiger partial charge >= 0.3 is 5.97 Å². The third kappa shape index (κ3) is 36.3. The van der Waals surface area contributed by atoms with E-state index >= 15 is 0 Å². The molecule has 0 spiro atoms. The number of carbonyl (C=O) groups is 2. The van der Waals surface area contributed by atoms with Crippen LogP contribution in [0.5, 0.6) is 0 Å².